The molecule has 0 saturated heterocycles. The van der Waals surface area contributed by atoms with Crippen molar-refractivity contribution < 1.29 is 80.2 Å². The van der Waals surface area contributed by atoms with E-state index in [2.05, 4.69) is 41.5 Å². The van der Waals surface area contributed by atoms with Crippen molar-refractivity contribution in [3.8, 4) is 0 Å². The van der Waals surface area contributed by atoms with Gasteiger partial charge in [-0.2, -0.15) is 0 Å². The minimum absolute atomic E-state index is 0.104. The summed E-state index contributed by atoms with van der Waals surface area (Å²) in [7, 11) is -9.88. The first kappa shape index (κ1) is 81.1. The zero-order chi connectivity index (χ0) is 61.5. The van der Waals surface area contributed by atoms with Crippen LogP contribution in [0.15, 0.2) is 0 Å². The normalized spacial score (nSPS) is 14.3. The van der Waals surface area contributed by atoms with Crippen molar-refractivity contribution >= 4 is 39.5 Å². The van der Waals surface area contributed by atoms with E-state index >= 15 is 0 Å². The van der Waals surface area contributed by atoms with Crippen molar-refractivity contribution in [2.24, 2.45) is 11.8 Å². The van der Waals surface area contributed by atoms with Crippen LogP contribution in [0.25, 0.3) is 0 Å². The van der Waals surface area contributed by atoms with Crippen LogP contribution in [0.4, 0.5) is 0 Å². The van der Waals surface area contributed by atoms with Crippen molar-refractivity contribution in [2.45, 2.75) is 336 Å². The van der Waals surface area contributed by atoms with Crippen molar-refractivity contribution in [3.63, 3.8) is 0 Å². The predicted molar refractivity (Wildman–Crippen MR) is 331 cm³/mol. The second-order valence-corrected chi connectivity index (χ2v) is 27.0. The molecule has 0 aliphatic rings. The highest BCUT2D eigenvalue weighted by Crippen LogP contribution is 2.45. The van der Waals surface area contributed by atoms with E-state index in [1.807, 2.05) is 0 Å². The Bertz CT molecular complexity index is 1630. The molecule has 0 amide bonds. The summed E-state index contributed by atoms with van der Waals surface area (Å²) in [4.78, 5) is 72.1. The molecule has 19 heteroatoms. The maximum atomic E-state index is 13.0. The summed E-state index contributed by atoms with van der Waals surface area (Å²) in [5, 5.41) is 10.5. The molecule has 0 aliphatic heterocycles. The Morgan fingerprint density at radius 3 is 0.819 bits per heavy atom. The summed E-state index contributed by atoms with van der Waals surface area (Å²) in [6, 6.07) is 0. The van der Waals surface area contributed by atoms with Crippen molar-refractivity contribution in [2.75, 3.05) is 39.6 Å². The van der Waals surface area contributed by atoms with Crippen LogP contribution in [0.2, 0.25) is 0 Å². The predicted octanol–water partition coefficient (Wildman–Crippen LogP) is 17.7. The summed E-state index contributed by atoms with van der Waals surface area (Å²) < 4.78 is 67.9. The highest BCUT2D eigenvalue weighted by molar-refractivity contribution is 7.47. The number of phosphoric ester groups is 2. The average molecular weight is 1230 g/mol. The number of hydrogen-bond acceptors (Lipinski definition) is 15. The van der Waals surface area contributed by atoms with E-state index in [1.54, 1.807) is 0 Å². The summed E-state index contributed by atoms with van der Waals surface area (Å²) in [6.45, 7) is 9.44. The zero-order valence-electron chi connectivity index (χ0n) is 53.5. The standard InChI is InChI=1S/C64H124O17P2/c1-7-9-11-13-15-28-34-40-46-61(66)74-52-59(80-63(68)48-42-36-29-16-14-12-10-8-2)54-78-82(70,71)76-50-58(65)51-77-83(72,73)79-55-60(53-75-62(67)47-41-35-30-25-21-23-27-33-39-45-57(5)6)81-64(69)49-43-37-31-24-20-18-17-19-22-26-32-38-44-56(3)4/h56-60,65H,7-55H2,1-6H3,(H,70,71)(H,72,73)/t58-,59+,60+/m0/s1. The number of phosphoric acid groups is 2. The largest absolute Gasteiger partial charge is 0.472 e. The third-order valence-corrected chi connectivity index (χ3v) is 16.6. The topological polar surface area (TPSA) is 237 Å². The second-order valence-electron chi connectivity index (χ2n) is 24.1. The van der Waals surface area contributed by atoms with Gasteiger partial charge in [-0.3, -0.25) is 37.3 Å². The SMILES string of the molecule is CCCCCCCCCCC(=O)OC[C@H](COP(=O)(O)OC[C@H](O)COP(=O)(O)OC[C@@H](COC(=O)CCCCCCCCCCCC(C)C)OC(=O)CCCCCCCCCCCCCCC(C)C)OC(=O)CCCCCCCCCC. The Hall–Kier alpha value is -1.94. The molecule has 492 valence electrons. The molecule has 0 aromatic carbocycles. The second kappa shape index (κ2) is 56.6. The monoisotopic (exact) mass is 1230 g/mol. The van der Waals surface area contributed by atoms with Gasteiger partial charge in [0.15, 0.2) is 12.2 Å². The first-order valence-corrected chi connectivity index (χ1v) is 36.5. The number of carbonyl (C=O) groups is 4. The van der Waals surface area contributed by atoms with Crippen LogP contribution in [0.5, 0.6) is 0 Å². The maximum absolute atomic E-state index is 13.0. The van der Waals surface area contributed by atoms with Gasteiger partial charge in [-0.1, -0.05) is 266 Å². The fourth-order valence-corrected chi connectivity index (χ4v) is 11.1. The number of ether oxygens (including phenoxy) is 4. The van der Waals surface area contributed by atoms with Crippen molar-refractivity contribution in [3.05, 3.63) is 0 Å². The summed E-state index contributed by atoms with van der Waals surface area (Å²) >= 11 is 0. The summed E-state index contributed by atoms with van der Waals surface area (Å²) in [5.74, 6) is -0.617. The van der Waals surface area contributed by atoms with Gasteiger partial charge in [0.05, 0.1) is 26.4 Å². The first-order chi connectivity index (χ1) is 39.9. The third kappa shape index (κ3) is 58.8. The number of aliphatic hydroxyl groups excluding tert-OH is 1. The Labute approximate surface area is 505 Å². The van der Waals surface area contributed by atoms with Gasteiger partial charge >= 0.3 is 39.5 Å². The molecule has 5 atom stereocenters. The Morgan fingerprint density at radius 2 is 0.554 bits per heavy atom. The lowest BCUT2D eigenvalue weighted by atomic mass is 10.0. The fraction of sp³-hybridized carbons (Fsp3) is 0.938. The van der Waals surface area contributed by atoms with Crippen LogP contribution in [0, 0.1) is 11.8 Å². The molecular formula is C64H124O17P2. The minimum atomic E-state index is -4.94. The van der Waals surface area contributed by atoms with Gasteiger partial charge in [0, 0.05) is 25.7 Å². The Kier molecular flexibility index (Phi) is 55.2. The zero-order valence-corrected chi connectivity index (χ0v) is 55.3. The molecule has 0 heterocycles. The van der Waals surface area contributed by atoms with E-state index in [4.69, 9.17) is 37.0 Å². The lowest BCUT2D eigenvalue weighted by Crippen LogP contribution is -2.30. The minimum Gasteiger partial charge on any atom is -0.462 e. The van der Waals surface area contributed by atoms with Crippen LogP contribution < -0.4 is 0 Å². The van der Waals surface area contributed by atoms with Gasteiger partial charge in [-0.25, -0.2) is 9.13 Å². The van der Waals surface area contributed by atoms with Crippen molar-refractivity contribution in [1.29, 1.82) is 0 Å². The van der Waals surface area contributed by atoms with E-state index in [0.29, 0.717) is 25.7 Å². The number of esters is 4. The molecule has 0 aromatic heterocycles. The smallest absolute Gasteiger partial charge is 0.462 e. The molecule has 83 heavy (non-hydrogen) atoms. The number of rotatable bonds is 63. The maximum Gasteiger partial charge on any atom is 0.472 e. The number of aliphatic hydroxyl groups is 1. The van der Waals surface area contributed by atoms with Crippen LogP contribution >= 0.6 is 15.6 Å². The number of unbranched alkanes of at least 4 members (excludes halogenated alkanes) is 33. The van der Waals surface area contributed by atoms with Gasteiger partial charge < -0.3 is 33.8 Å². The molecule has 17 nitrogen and oxygen atoms in total. The molecule has 2 unspecified atom stereocenters. The fourth-order valence-electron chi connectivity index (χ4n) is 9.53. The number of carbonyl (C=O) groups excluding carboxylic acids is 4. The molecule has 0 aliphatic carbocycles. The van der Waals surface area contributed by atoms with E-state index < -0.39 is 97.5 Å². The molecule has 0 aromatic rings. The highest BCUT2D eigenvalue weighted by atomic mass is 31.2. The summed E-state index contributed by atoms with van der Waals surface area (Å²) in [6.07, 6.45) is 39.0. The quantitative estimate of drug-likeness (QED) is 0.0222. The Morgan fingerprint density at radius 1 is 0.325 bits per heavy atom. The van der Waals surface area contributed by atoms with E-state index in [1.165, 1.54) is 122 Å². The van der Waals surface area contributed by atoms with Gasteiger partial charge in [0.1, 0.15) is 19.3 Å². The molecule has 0 saturated carbocycles. The van der Waals surface area contributed by atoms with Crippen LogP contribution in [0.3, 0.4) is 0 Å². The third-order valence-electron chi connectivity index (χ3n) is 14.7. The first-order valence-electron chi connectivity index (χ1n) is 33.5. The Balaban J connectivity index is 5.21. The van der Waals surface area contributed by atoms with Crippen molar-refractivity contribution in [1.82, 2.24) is 0 Å². The van der Waals surface area contributed by atoms with Crippen LogP contribution in [0.1, 0.15) is 318 Å². The van der Waals surface area contributed by atoms with Gasteiger partial charge in [-0.15, -0.1) is 0 Å². The molecule has 0 radical (unpaired) electrons. The van der Waals surface area contributed by atoms with E-state index in [9.17, 15) is 43.2 Å². The average Bonchev–Trinajstić information content (AvgIpc) is 3.44. The molecular weight excluding hydrogens is 1100 g/mol. The lowest BCUT2D eigenvalue weighted by Gasteiger charge is -2.21. The highest BCUT2D eigenvalue weighted by Gasteiger charge is 2.30. The van der Waals surface area contributed by atoms with Gasteiger partial charge in [0.25, 0.3) is 0 Å². The van der Waals surface area contributed by atoms with E-state index in [0.717, 1.165) is 115 Å². The lowest BCUT2D eigenvalue weighted by molar-refractivity contribution is -0.161. The molecule has 0 fully saturated rings. The molecule has 0 bridgehead atoms. The number of hydrogen-bond donors (Lipinski definition) is 3. The van der Waals surface area contributed by atoms with E-state index in [-0.39, 0.29) is 25.7 Å². The molecule has 3 N–H and O–H groups in total. The summed E-state index contributed by atoms with van der Waals surface area (Å²) in [5.41, 5.74) is 0. The van der Waals surface area contributed by atoms with Gasteiger partial charge in [0.2, 0.25) is 0 Å². The molecule has 0 rings (SSSR count). The molecule has 0 spiro atoms. The van der Waals surface area contributed by atoms with Gasteiger partial charge in [-0.05, 0) is 37.5 Å². The van der Waals surface area contributed by atoms with Crippen LogP contribution in [-0.4, -0.2) is 96.7 Å². The van der Waals surface area contributed by atoms with Crippen LogP contribution in [-0.2, 0) is 65.4 Å².